The number of hydrogen-bond donors (Lipinski definition) is 1. The summed E-state index contributed by atoms with van der Waals surface area (Å²) in [7, 11) is 0. The van der Waals surface area contributed by atoms with Gasteiger partial charge in [0.1, 0.15) is 12.4 Å². The molecule has 6 nitrogen and oxygen atoms in total. The number of nitrogens with zero attached hydrogens (tertiary/aromatic N) is 4. The highest BCUT2D eigenvalue weighted by atomic mass is 32.2. The lowest BCUT2D eigenvalue weighted by Gasteiger charge is -2.14. The molecule has 1 N–H and O–H groups in total. The first-order valence-corrected chi connectivity index (χ1v) is 8.91. The summed E-state index contributed by atoms with van der Waals surface area (Å²) in [5, 5.41) is 20.3. The van der Waals surface area contributed by atoms with E-state index < -0.39 is 5.25 Å². The van der Waals surface area contributed by atoms with E-state index in [4.69, 9.17) is 5.26 Å². The van der Waals surface area contributed by atoms with Crippen molar-refractivity contribution >= 4 is 23.4 Å². The van der Waals surface area contributed by atoms with Crippen LogP contribution >= 0.6 is 11.8 Å². The molecule has 1 heterocycles. The van der Waals surface area contributed by atoms with E-state index in [-0.39, 0.29) is 5.91 Å². The Balaban J connectivity index is 1.76. The lowest BCUT2D eigenvalue weighted by Crippen LogP contribution is -2.23. The van der Waals surface area contributed by atoms with Crippen LogP contribution in [0.15, 0.2) is 60.0 Å². The van der Waals surface area contributed by atoms with Gasteiger partial charge in [-0.2, -0.15) is 5.26 Å². The minimum absolute atomic E-state index is 0.197. The molecule has 0 radical (unpaired) electrons. The van der Waals surface area contributed by atoms with Crippen LogP contribution in [0.5, 0.6) is 0 Å². The summed E-state index contributed by atoms with van der Waals surface area (Å²) in [5.41, 5.74) is 3.01. The first-order chi connectivity index (χ1) is 12.6. The lowest BCUT2D eigenvalue weighted by molar-refractivity contribution is -0.115. The fourth-order valence-corrected chi connectivity index (χ4v) is 3.27. The van der Waals surface area contributed by atoms with Crippen molar-refractivity contribution in [3.8, 4) is 11.8 Å². The van der Waals surface area contributed by atoms with Crippen LogP contribution < -0.4 is 5.32 Å². The van der Waals surface area contributed by atoms with Crippen molar-refractivity contribution in [2.45, 2.75) is 24.3 Å². The number of benzene rings is 2. The summed E-state index contributed by atoms with van der Waals surface area (Å²) in [6, 6.07) is 16.9. The quantitative estimate of drug-likeness (QED) is 0.701. The van der Waals surface area contributed by atoms with Gasteiger partial charge in [0.15, 0.2) is 5.16 Å². The van der Waals surface area contributed by atoms with E-state index in [1.165, 1.54) is 11.8 Å². The molecule has 0 spiro atoms. The van der Waals surface area contributed by atoms with Crippen molar-refractivity contribution in [3.63, 3.8) is 0 Å². The Bertz CT molecular complexity index is 976. The Morgan fingerprint density at radius 2 is 1.96 bits per heavy atom. The van der Waals surface area contributed by atoms with E-state index in [2.05, 4.69) is 21.6 Å². The van der Waals surface area contributed by atoms with Gasteiger partial charge in [-0.25, -0.2) is 0 Å². The van der Waals surface area contributed by atoms with Gasteiger partial charge in [-0.05, 0) is 37.6 Å². The zero-order chi connectivity index (χ0) is 18.5. The molecule has 0 aliphatic rings. The third-order valence-corrected chi connectivity index (χ3v) is 4.91. The van der Waals surface area contributed by atoms with Crippen molar-refractivity contribution in [1.82, 2.24) is 14.8 Å². The number of hydrogen-bond acceptors (Lipinski definition) is 5. The van der Waals surface area contributed by atoms with E-state index in [0.29, 0.717) is 16.4 Å². The van der Waals surface area contributed by atoms with Gasteiger partial charge < -0.3 is 5.32 Å². The number of aromatic nitrogens is 3. The fraction of sp³-hybridized carbons (Fsp3) is 0.158. The lowest BCUT2D eigenvalue weighted by atomic mass is 10.2. The number of anilines is 1. The minimum Gasteiger partial charge on any atom is -0.324 e. The largest absolute Gasteiger partial charge is 0.324 e. The number of carbonyl (C=O) groups excluding carboxylic acids is 1. The molecule has 0 saturated carbocycles. The van der Waals surface area contributed by atoms with Gasteiger partial charge in [-0.1, -0.05) is 42.1 Å². The molecule has 3 rings (SSSR count). The van der Waals surface area contributed by atoms with E-state index in [1.807, 2.05) is 35.8 Å². The first kappa shape index (κ1) is 17.7. The molecule has 1 unspecified atom stereocenters. The molecule has 0 aliphatic heterocycles. The third kappa shape index (κ3) is 3.76. The van der Waals surface area contributed by atoms with E-state index in [9.17, 15) is 4.79 Å². The molecule has 2 aromatic carbocycles. The molecule has 1 amide bonds. The molecule has 0 fully saturated rings. The molecule has 3 aromatic rings. The predicted molar refractivity (Wildman–Crippen MR) is 101 cm³/mol. The Kier molecular flexibility index (Phi) is 5.34. The summed E-state index contributed by atoms with van der Waals surface area (Å²) >= 11 is 1.32. The number of nitriles is 1. The van der Waals surface area contributed by atoms with Crippen molar-refractivity contribution < 1.29 is 4.79 Å². The molecule has 0 bridgehead atoms. The topological polar surface area (TPSA) is 83.6 Å². The molecule has 26 heavy (non-hydrogen) atoms. The van der Waals surface area contributed by atoms with Crippen LogP contribution in [0, 0.1) is 18.3 Å². The molecule has 7 heteroatoms. The number of carbonyl (C=O) groups is 1. The second-order valence-electron chi connectivity index (χ2n) is 5.68. The average molecular weight is 363 g/mol. The Morgan fingerprint density at radius 1 is 1.23 bits per heavy atom. The van der Waals surface area contributed by atoms with Crippen molar-refractivity contribution in [1.29, 1.82) is 5.26 Å². The maximum atomic E-state index is 12.5. The SMILES string of the molecule is Cc1ccccc1-n1cnnc1SC(C)C(=O)Nc1ccccc1C#N. The highest BCUT2D eigenvalue weighted by Gasteiger charge is 2.19. The molecule has 0 aliphatic carbocycles. The summed E-state index contributed by atoms with van der Waals surface area (Å²) in [5.74, 6) is -0.197. The number of aryl methyl sites for hydroxylation is 1. The number of thioether (sulfide) groups is 1. The van der Waals surface area contributed by atoms with Crippen molar-refractivity contribution in [2.24, 2.45) is 0 Å². The smallest absolute Gasteiger partial charge is 0.237 e. The van der Waals surface area contributed by atoms with Crippen LogP contribution in [0.2, 0.25) is 0 Å². The molecular formula is C19H17N5OS. The van der Waals surface area contributed by atoms with Gasteiger partial charge in [0, 0.05) is 0 Å². The monoisotopic (exact) mass is 363 g/mol. The van der Waals surface area contributed by atoms with E-state index in [1.54, 1.807) is 37.5 Å². The zero-order valence-electron chi connectivity index (χ0n) is 14.4. The Labute approximate surface area is 155 Å². The summed E-state index contributed by atoms with van der Waals surface area (Å²) < 4.78 is 1.87. The molecule has 0 saturated heterocycles. The normalized spacial score (nSPS) is 11.6. The molecule has 1 aromatic heterocycles. The van der Waals surface area contributed by atoms with E-state index >= 15 is 0 Å². The average Bonchev–Trinajstić information content (AvgIpc) is 3.10. The molecular weight excluding hydrogens is 346 g/mol. The summed E-state index contributed by atoms with van der Waals surface area (Å²) in [6.45, 7) is 3.81. The predicted octanol–water partition coefficient (Wildman–Crippen LogP) is 3.57. The number of rotatable bonds is 5. The molecule has 1 atom stereocenters. The van der Waals surface area contributed by atoms with Crippen molar-refractivity contribution in [3.05, 3.63) is 66.0 Å². The number of amides is 1. The van der Waals surface area contributed by atoms with E-state index in [0.717, 1.165) is 11.3 Å². The van der Waals surface area contributed by atoms with Crippen LogP contribution in [-0.4, -0.2) is 25.9 Å². The van der Waals surface area contributed by atoms with Crippen molar-refractivity contribution in [2.75, 3.05) is 5.32 Å². The van der Waals surface area contributed by atoms with Crippen LogP contribution in [0.1, 0.15) is 18.1 Å². The zero-order valence-corrected chi connectivity index (χ0v) is 15.2. The number of para-hydroxylation sites is 2. The Hall–Kier alpha value is -3.11. The fourth-order valence-electron chi connectivity index (χ4n) is 2.44. The highest BCUT2D eigenvalue weighted by molar-refractivity contribution is 8.00. The van der Waals surface area contributed by atoms with Gasteiger partial charge in [-0.15, -0.1) is 10.2 Å². The summed E-state index contributed by atoms with van der Waals surface area (Å²) in [4.78, 5) is 12.5. The first-order valence-electron chi connectivity index (χ1n) is 8.03. The van der Waals surface area contributed by atoms with Crippen LogP contribution in [0.25, 0.3) is 5.69 Å². The maximum Gasteiger partial charge on any atom is 0.237 e. The van der Waals surface area contributed by atoms with Crippen LogP contribution in [0.4, 0.5) is 5.69 Å². The van der Waals surface area contributed by atoms with Crippen LogP contribution in [0.3, 0.4) is 0 Å². The van der Waals surface area contributed by atoms with Gasteiger partial charge >= 0.3 is 0 Å². The minimum atomic E-state index is -0.409. The van der Waals surface area contributed by atoms with Gasteiger partial charge in [-0.3, -0.25) is 9.36 Å². The second-order valence-corrected chi connectivity index (χ2v) is 6.98. The van der Waals surface area contributed by atoms with Gasteiger partial charge in [0.25, 0.3) is 0 Å². The Morgan fingerprint density at radius 3 is 2.73 bits per heavy atom. The summed E-state index contributed by atoms with van der Waals surface area (Å²) in [6.07, 6.45) is 1.64. The standard InChI is InChI=1S/C19H17N5OS/c1-13-7-3-6-10-17(13)24-12-21-23-19(24)26-14(2)18(25)22-16-9-5-4-8-15(16)11-20/h3-10,12,14H,1-2H3,(H,22,25). The third-order valence-electron chi connectivity index (χ3n) is 3.85. The second kappa shape index (κ2) is 7.85. The maximum absolute atomic E-state index is 12.5. The molecule has 130 valence electrons. The van der Waals surface area contributed by atoms with Gasteiger partial charge in [0.2, 0.25) is 5.91 Å². The number of nitrogens with one attached hydrogen (secondary N) is 1. The highest BCUT2D eigenvalue weighted by Crippen LogP contribution is 2.26. The van der Waals surface area contributed by atoms with Gasteiger partial charge in [0.05, 0.1) is 22.2 Å². The van der Waals surface area contributed by atoms with Crippen LogP contribution in [-0.2, 0) is 4.79 Å².